The van der Waals surface area contributed by atoms with Crippen LogP contribution >= 0.6 is 11.6 Å². The predicted molar refractivity (Wildman–Crippen MR) is 131 cm³/mol. The van der Waals surface area contributed by atoms with Gasteiger partial charge in [0, 0.05) is 28.4 Å². The predicted octanol–water partition coefficient (Wildman–Crippen LogP) is 7.28. The molecule has 3 aromatic carbocycles. The molecule has 0 atom stereocenters. The Hall–Kier alpha value is -2.91. The SMILES string of the molecule is C=CCc1cc(CNc2ccc(C)cc2C)cc(OCC)c1OCc1ccccc1Cl. The standard InChI is InChI=1S/C27H30ClNO2/c1-5-9-22-15-21(17-29-25-13-12-19(3)14-20(25)4)16-26(30-6-2)27(22)31-18-23-10-7-8-11-24(23)28/h5,7-8,10-16,29H,1,6,9,17-18H2,2-4H3. The molecule has 0 bridgehead atoms. The molecule has 4 heteroatoms. The molecule has 3 aromatic rings. The second-order valence-electron chi connectivity index (χ2n) is 7.56. The molecule has 3 nitrogen and oxygen atoms in total. The topological polar surface area (TPSA) is 30.5 Å². The van der Waals surface area contributed by atoms with E-state index in [4.69, 9.17) is 21.1 Å². The zero-order valence-corrected chi connectivity index (χ0v) is 19.3. The third-order valence-corrected chi connectivity index (χ3v) is 5.42. The fourth-order valence-electron chi connectivity index (χ4n) is 3.53. The van der Waals surface area contributed by atoms with E-state index in [-0.39, 0.29) is 0 Å². The Morgan fingerprint density at radius 1 is 1.00 bits per heavy atom. The van der Waals surface area contributed by atoms with Gasteiger partial charge in [-0.15, -0.1) is 6.58 Å². The summed E-state index contributed by atoms with van der Waals surface area (Å²) in [5.41, 5.74) is 6.74. The van der Waals surface area contributed by atoms with Gasteiger partial charge in [0.2, 0.25) is 0 Å². The molecule has 0 amide bonds. The van der Waals surface area contributed by atoms with Gasteiger partial charge >= 0.3 is 0 Å². The van der Waals surface area contributed by atoms with E-state index in [9.17, 15) is 0 Å². The molecular weight excluding hydrogens is 406 g/mol. The third kappa shape index (κ3) is 6.05. The van der Waals surface area contributed by atoms with E-state index in [1.807, 2.05) is 37.3 Å². The second kappa shape index (κ2) is 10.9. The second-order valence-corrected chi connectivity index (χ2v) is 7.97. The lowest BCUT2D eigenvalue weighted by molar-refractivity contribution is 0.267. The minimum atomic E-state index is 0.379. The monoisotopic (exact) mass is 435 g/mol. The Kier molecular flexibility index (Phi) is 8.02. The summed E-state index contributed by atoms with van der Waals surface area (Å²) in [6.45, 7) is 11.8. The Morgan fingerprint density at radius 2 is 1.81 bits per heavy atom. The first-order valence-corrected chi connectivity index (χ1v) is 11.0. The van der Waals surface area contributed by atoms with Crippen molar-refractivity contribution >= 4 is 17.3 Å². The van der Waals surface area contributed by atoms with Crippen LogP contribution in [0.25, 0.3) is 0 Å². The first-order chi connectivity index (χ1) is 15.0. The zero-order chi connectivity index (χ0) is 22.2. The van der Waals surface area contributed by atoms with Crippen LogP contribution in [0.5, 0.6) is 11.5 Å². The summed E-state index contributed by atoms with van der Waals surface area (Å²) >= 11 is 6.30. The number of allylic oxidation sites excluding steroid dienone is 1. The highest BCUT2D eigenvalue weighted by molar-refractivity contribution is 6.31. The number of hydrogen-bond donors (Lipinski definition) is 1. The minimum Gasteiger partial charge on any atom is -0.490 e. The van der Waals surface area contributed by atoms with Crippen molar-refractivity contribution in [2.45, 2.75) is 40.3 Å². The fraction of sp³-hybridized carbons (Fsp3) is 0.259. The van der Waals surface area contributed by atoms with Gasteiger partial charge in [-0.25, -0.2) is 0 Å². The molecule has 0 fully saturated rings. The molecule has 0 spiro atoms. The van der Waals surface area contributed by atoms with Crippen LogP contribution in [0.4, 0.5) is 5.69 Å². The van der Waals surface area contributed by atoms with Crippen LogP contribution in [0.1, 0.15) is 34.7 Å². The quantitative estimate of drug-likeness (QED) is 0.339. The largest absolute Gasteiger partial charge is 0.490 e. The van der Waals surface area contributed by atoms with Crippen LogP contribution in [0, 0.1) is 13.8 Å². The highest BCUT2D eigenvalue weighted by Gasteiger charge is 2.14. The van der Waals surface area contributed by atoms with Crippen LogP contribution in [0.2, 0.25) is 5.02 Å². The van der Waals surface area contributed by atoms with Crippen molar-refractivity contribution in [3.8, 4) is 11.5 Å². The maximum Gasteiger partial charge on any atom is 0.165 e. The molecule has 0 radical (unpaired) electrons. The molecule has 0 aliphatic rings. The van der Waals surface area contributed by atoms with Crippen LogP contribution in [-0.4, -0.2) is 6.61 Å². The van der Waals surface area contributed by atoms with Gasteiger partial charge in [0.1, 0.15) is 6.61 Å². The van der Waals surface area contributed by atoms with Crippen molar-refractivity contribution in [2.75, 3.05) is 11.9 Å². The summed E-state index contributed by atoms with van der Waals surface area (Å²) in [5, 5.41) is 4.23. The Balaban J connectivity index is 1.86. The summed E-state index contributed by atoms with van der Waals surface area (Å²) < 4.78 is 12.2. The van der Waals surface area contributed by atoms with Crippen molar-refractivity contribution in [2.24, 2.45) is 0 Å². The summed E-state index contributed by atoms with van der Waals surface area (Å²) in [4.78, 5) is 0. The summed E-state index contributed by atoms with van der Waals surface area (Å²) in [6, 6.07) is 18.3. The summed E-state index contributed by atoms with van der Waals surface area (Å²) in [7, 11) is 0. The van der Waals surface area contributed by atoms with Crippen molar-refractivity contribution in [3.05, 3.63) is 100 Å². The molecular formula is C27H30ClNO2. The molecule has 0 heterocycles. The lowest BCUT2D eigenvalue weighted by atomic mass is 10.0. The maximum absolute atomic E-state index is 6.30. The van der Waals surface area contributed by atoms with Crippen molar-refractivity contribution in [3.63, 3.8) is 0 Å². The van der Waals surface area contributed by atoms with Gasteiger partial charge in [0.15, 0.2) is 11.5 Å². The van der Waals surface area contributed by atoms with Gasteiger partial charge in [0.05, 0.1) is 6.61 Å². The molecule has 0 saturated heterocycles. The van der Waals surface area contributed by atoms with E-state index >= 15 is 0 Å². The molecule has 162 valence electrons. The third-order valence-electron chi connectivity index (χ3n) is 5.05. The number of rotatable bonds is 10. The normalized spacial score (nSPS) is 10.6. The molecule has 0 saturated carbocycles. The van der Waals surface area contributed by atoms with Crippen molar-refractivity contribution < 1.29 is 9.47 Å². The van der Waals surface area contributed by atoms with Crippen LogP contribution in [0.3, 0.4) is 0 Å². The van der Waals surface area contributed by atoms with E-state index in [1.165, 1.54) is 11.1 Å². The molecule has 1 N–H and O–H groups in total. The number of nitrogens with one attached hydrogen (secondary N) is 1. The summed E-state index contributed by atoms with van der Waals surface area (Å²) in [5.74, 6) is 1.49. The lowest BCUT2D eigenvalue weighted by Gasteiger charge is -2.18. The highest BCUT2D eigenvalue weighted by Crippen LogP contribution is 2.35. The van der Waals surface area contributed by atoms with Crippen LogP contribution < -0.4 is 14.8 Å². The van der Waals surface area contributed by atoms with Crippen LogP contribution in [0.15, 0.2) is 67.3 Å². The Bertz CT molecular complexity index is 1050. The Morgan fingerprint density at radius 3 is 2.52 bits per heavy atom. The van der Waals surface area contributed by atoms with E-state index in [1.54, 1.807) is 0 Å². The molecule has 31 heavy (non-hydrogen) atoms. The van der Waals surface area contributed by atoms with Gasteiger partial charge in [-0.2, -0.15) is 0 Å². The van der Waals surface area contributed by atoms with Gasteiger partial charge in [-0.1, -0.05) is 53.6 Å². The number of aryl methyl sites for hydroxylation is 2. The van der Waals surface area contributed by atoms with E-state index in [0.29, 0.717) is 31.2 Å². The maximum atomic E-state index is 6.30. The molecule has 0 aliphatic carbocycles. The number of halogens is 1. The van der Waals surface area contributed by atoms with Gasteiger partial charge in [-0.05, 0) is 62.6 Å². The van der Waals surface area contributed by atoms with E-state index < -0.39 is 0 Å². The highest BCUT2D eigenvalue weighted by atomic mass is 35.5. The van der Waals surface area contributed by atoms with Gasteiger partial charge < -0.3 is 14.8 Å². The van der Waals surface area contributed by atoms with Crippen molar-refractivity contribution in [1.82, 2.24) is 0 Å². The van der Waals surface area contributed by atoms with Gasteiger partial charge in [0.25, 0.3) is 0 Å². The molecule has 3 rings (SSSR count). The first-order valence-electron chi connectivity index (χ1n) is 10.6. The average molecular weight is 436 g/mol. The first kappa shape index (κ1) is 22.8. The van der Waals surface area contributed by atoms with Gasteiger partial charge in [-0.3, -0.25) is 0 Å². The van der Waals surface area contributed by atoms with E-state index in [0.717, 1.165) is 33.9 Å². The lowest BCUT2D eigenvalue weighted by Crippen LogP contribution is -2.06. The molecule has 0 aromatic heterocycles. The minimum absolute atomic E-state index is 0.379. The number of benzene rings is 3. The zero-order valence-electron chi connectivity index (χ0n) is 18.5. The number of ether oxygens (including phenoxy) is 2. The van der Waals surface area contributed by atoms with Crippen LogP contribution in [-0.2, 0) is 19.6 Å². The fourth-order valence-corrected chi connectivity index (χ4v) is 3.72. The number of hydrogen-bond acceptors (Lipinski definition) is 3. The average Bonchev–Trinajstić information content (AvgIpc) is 2.74. The smallest absolute Gasteiger partial charge is 0.165 e. The van der Waals surface area contributed by atoms with E-state index in [2.05, 4.69) is 56.1 Å². The molecule has 0 unspecified atom stereocenters. The summed E-state index contributed by atoms with van der Waals surface area (Å²) in [6.07, 6.45) is 2.57. The Labute approximate surface area is 190 Å². The number of anilines is 1. The molecule has 0 aliphatic heterocycles. The van der Waals surface area contributed by atoms with Crippen molar-refractivity contribution in [1.29, 1.82) is 0 Å².